The van der Waals surface area contributed by atoms with Crippen LogP contribution in [0.4, 0.5) is 0 Å². The molecule has 0 atom stereocenters. The Balaban J connectivity index is 2.13. The average Bonchev–Trinajstić information content (AvgIpc) is 2.39. The third-order valence-corrected chi connectivity index (χ3v) is 2.66. The van der Waals surface area contributed by atoms with Gasteiger partial charge in [-0.15, -0.1) is 0 Å². The first-order valence-electron chi connectivity index (χ1n) is 5.73. The van der Waals surface area contributed by atoms with Crippen LogP contribution in [-0.4, -0.2) is 11.6 Å². The number of nitrogens with zero attached hydrogens (tertiary/aromatic N) is 1. The van der Waals surface area contributed by atoms with E-state index < -0.39 is 5.78 Å². The predicted molar refractivity (Wildman–Crippen MR) is 67.1 cm³/mol. The standard InChI is InChI=1S/C15H14NO2/c1-16-9-5-8-13(11-16)15(18)14(17)10-12-6-3-2-4-7-12/h2-9,11H,10H2,1H3/q+1. The number of carbonyl (C=O) groups excluding carboxylic acids is 2. The van der Waals surface area contributed by atoms with E-state index >= 15 is 0 Å². The van der Waals surface area contributed by atoms with Crippen LogP contribution >= 0.6 is 0 Å². The van der Waals surface area contributed by atoms with E-state index in [1.807, 2.05) is 43.6 Å². The van der Waals surface area contributed by atoms with Crippen LogP contribution in [0, 0.1) is 0 Å². The van der Waals surface area contributed by atoms with E-state index in [-0.39, 0.29) is 12.2 Å². The van der Waals surface area contributed by atoms with Crippen LogP contribution in [0.5, 0.6) is 0 Å². The molecule has 0 amide bonds. The molecule has 3 nitrogen and oxygen atoms in total. The first-order chi connectivity index (χ1) is 8.66. The number of carbonyl (C=O) groups is 2. The molecule has 0 fully saturated rings. The Kier molecular flexibility index (Phi) is 3.63. The van der Waals surface area contributed by atoms with E-state index in [1.165, 1.54) is 0 Å². The Labute approximate surface area is 106 Å². The number of Topliss-reactive ketones (excluding diaryl/α,β-unsaturated/α-hetero) is 2. The van der Waals surface area contributed by atoms with Gasteiger partial charge >= 0.3 is 0 Å². The Bertz CT molecular complexity index is 576. The Hall–Kier alpha value is -2.29. The molecule has 0 radical (unpaired) electrons. The minimum Gasteiger partial charge on any atom is -0.290 e. The highest BCUT2D eigenvalue weighted by Crippen LogP contribution is 2.04. The maximum atomic E-state index is 11.9. The van der Waals surface area contributed by atoms with Gasteiger partial charge in [-0.05, 0) is 11.6 Å². The molecule has 3 heteroatoms. The van der Waals surface area contributed by atoms with Crippen molar-refractivity contribution in [1.82, 2.24) is 0 Å². The predicted octanol–water partition coefficient (Wildman–Crippen LogP) is 1.51. The molecule has 0 aliphatic rings. The van der Waals surface area contributed by atoms with Crippen molar-refractivity contribution < 1.29 is 14.2 Å². The number of aromatic nitrogens is 1. The van der Waals surface area contributed by atoms with Gasteiger partial charge in [-0.3, -0.25) is 9.59 Å². The molecule has 0 bridgehead atoms. The molecule has 0 saturated carbocycles. The van der Waals surface area contributed by atoms with Crippen molar-refractivity contribution in [3.63, 3.8) is 0 Å². The number of benzene rings is 1. The number of hydrogen-bond acceptors (Lipinski definition) is 2. The lowest BCUT2D eigenvalue weighted by molar-refractivity contribution is -0.671. The van der Waals surface area contributed by atoms with E-state index in [0.29, 0.717) is 5.56 Å². The van der Waals surface area contributed by atoms with Crippen LogP contribution in [0.1, 0.15) is 15.9 Å². The molecule has 1 aromatic carbocycles. The normalized spacial score (nSPS) is 10.1. The van der Waals surface area contributed by atoms with Crippen molar-refractivity contribution >= 4 is 11.6 Å². The summed E-state index contributed by atoms with van der Waals surface area (Å²) in [5.41, 5.74) is 1.29. The largest absolute Gasteiger partial charge is 0.290 e. The van der Waals surface area contributed by atoms with Gasteiger partial charge in [0.05, 0.1) is 5.56 Å². The highest BCUT2D eigenvalue weighted by molar-refractivity contribution is 6.43. The zero-order chi connectivity index (χ0) is 13.0. The number of aryl methyl sites for hydroxylation is 1. The molecule has 1 aromatic heterocycles. The second kappa shape index (κ2) is 5.36. The quantitative estimate of drug-likeness (QED) is 0.461. The summed E-state index contributed by atoms with van der Waals surface area (Å²) >= 11 is 0. The summed E-state index contributed by atoms with van der Waals surface area (Å²) in [6.07, 6.45) is 3.63. The second-order valence-corrected chi connectivity index (χ2v) is 4.17. The SMILES string of the molecule is C[n+]1cccc(C(=O)C(=O)Cc2ccccc2)c1. The highest BCUT2D eigenvalue weighted by atomic mass is 16.2. The molecule has 2 rings (SSSR count). The Morgan fingerprint density at radius 3 is 2.44 bits per heavy atom. The first-order valence-corrected chi connectivity index (χ1v) is 5.73. The lowest BCUT2D eigenvalue weighted by atomic mass is 10.0. The Morgan fingerprint density at radius 1 is 1.06 bits per heavy atom. The molecule has 0 saturated heterocycles. The summed E-state index contributed by atoms with van der Waals surface area (Å²) in [6.45, 7) is 0. The molecule has 1 heterocycles. The minimum atomic E-state index is -0.435. The summed E-state index contributed by atoms with van der Waals surface area (Å²) in [5.74, 6) is -0.817. The molecule has 2 aromatic rings. The average molecular weight is 240 g/mol. The maximum Gasteiger partial charge on any atom is 0.234 e. The zero-order valence-electron chi connectivity index (χ0n) is 10.2. The van der Waals surface area contributed by atoms with Gasteiger partial charge in [-0.2, -0.15) is 0 Å². The monoisotopic (exact) mass is 240 g/mol. The van der Waals surface area contributed by atoms with Crippen molar-refractivity contribution in [3.8, 4) is 0 Å². The number of ketones is 2. The minimum absolute atomic E-state index is 0.151. The van der Waals surface area contributed by atoms with Crippen LogP contribution in [0.2, 0.25) is 0 Å². The number of hydrogen-bond donors (Lipinski definition) is 0. The second-order valence-electron chi connectivity index (χ2n) is 4.17. The highest BCUT2D eigenvalue weighted by Gasteiger charge is 2.18. The van der Waals surface area contributed by atoms with E-state index in [9.17, 15) is 9.59 Å². The smallest absolute Gasteiger partial charge is 0.234 e. The van der Waals surface area contributed by atoms with Gasteiger partial charge in [0.25, 0.3) is 0 Å². The van der Waals surface area contributed by atoms with Gasteiger partial charge in [0.1, 0.15) is 7.05 Å². The van der Waals surface area contributed by atoms with Crippen LogP contribution in [-0.2, 0) is 18.3 Å². The van der Waals surface area contributed by atoms with Crippen LogP contribution in [0.15, 0.2) is 54.9 Å². The fourth-order valence-corrected chi connectivity index (χ4v) is 1.74. The Morgan fingerprint density at radius 2 is 1.78 bits per heavy atom. The summed E-state index contributed by atoms with van der Waals surface area (Å²) in [7, 11) is 1.82. The van der Waals surface area contributed by atoms with E-state index in [1.54, 1.807) is 22.9 Å². The molecular formula is C15H14NO2+. The molecule has 90 valence electrons. The van der Waals surface area contributed by atoms with E-state index in [4.69, 9.17) is 0 Å². The van der Waals surface area contributed by atoms with Crippen molar-refractivity contribution in [2.45, 2.75) is 6.42 Å². The van der Waals surface area contributed by atoms with Crippen LogP contribution in [0.3, 0.4) is 0 Å². The van der Waals surface area contributed by atoms with Crippen LogP contribution in [0.25, 0.3) is 0 Å². The van der Waals surface area contributed by atoms with Gasteiger partial charge in [-0.25, -0.2) is 4.57 Å². The lowest BCUT2D eigenvalue weighted by Gasteiger charge is -2.00. The molecule has 0 unspecified atom stereocenters. The third-order valence-electron chi connectivity index (χ3n) is 2.66. The molecular weight excluding hydrogens is 226 g/mol. The number of rotatable bonds is 4. The number of pyridine rings is 1. The van der Waals surface area contributed by atoms with Crippen molar-refractivity contribution in [1.29, 1.82) is 0 Å². The zero-order valence-corrected chi connectivity index (χ0v) is 10.2. The van der Waals surface area contributed by atoms with Crippen molar-refractivity contribution in [2.24, 2.45) is 7.05 Å². The van der Waals surface area contributed by atoms with Gasteiger partial charge < -0.3 is 0 Å². The fourth-order valence-electron chi connectivity index (χ4n) is 1.74. The van der Waals surface area contributed by atoms with Crippen molar-refractivity contribution in [2.75, 3.05) is 0 Å². The molecule has 0 aliphatic heterocycles. The van der Waals surface area contributed by atoms with E-state index in [0.717, 1.165) is 5.56 Å². The molecule has 0 spiro atoms. The molecule has 0 N–H and O–H groups in total. The topological polar surface area (TPSA) is 38.0 Å². The maximum absolute atomic E-state index is 11.9. The van der Waals surface area contributed by atoms with Crippen LogP contribution < -0.4 is 4.57 Å². The molecule has 18 heavy (non-hydrogen) atoms. The molecule has 0 aliphatic carbocycles. The van der Waals surface area contributed by atoms with Gasteiger partial charge in [0.2, 0.25) is 11.6 Å². The summed E-state index contributed by atoms with van der Waals surface area (Å²) in [6, 6.07) is 12.7. The van der Waals surface area contributed by atoms with Gasteiger partial charge in [-0.1, -0.05) is 30.3 Å². The fraction of sp³-hybridized carbons (Fsp3) is 0.133. The summed E-state index contributed by atoms with van der Waals surface area (Å²) in [5, 5.41) is 0. The third kappa shape index (κ3) is 2.88. The van der Waals surface area contributed by atoms with Gasteiger partial charge in [0, 0.05) is 12.5 Å². The lowest BCUT2D eigenvalue weighted by Crippen LogP contribution is -2.29. The van der Waals surface area contributed by atoms with Crippen molar-refractivity contribution in [3.05, 3.63) is 66.0 Å². The summed E-state index contributed by atoms with van der Waals surface area (Å²) in [4.78, 5) is 23.8. The summed E-state index contributed by atoms with van der Waals surface area (Å²) < 4.78 is 1.75. The van der Waals surface area contributed by atoms with Gasteiger partial charge in [0.15, 0.2) is 12.4 Å². The van der Waals surface area contributed by atoms with E-state index in [2.05, 4.69) is 0 Å². The first kappa shape index (κ1) is 12.2.